The summed E-state index contributed by atoms with van der Waals surface area (Å²) in [6.45, 7) is 5.07. The summed E-state index contributed by atoms with van der Waals surface area (Å²) in [5.41, 5.74) is 8.62. The highest BCUT2D eigenvalue weighted by atomic mass is 16.3. The van der Waals surface area contributed by atoms with Crippen LogP contribution >= 0.6 is 0 Å². The molecule has 4 aliphatic carbocycles. The van der Waals surface area contributed by atoms with E-state index in [0.717, 1.165) is 11.8 Å². The number of fused-ring (bicyclic) bond motifs is 5. The van der Waals surface area contributed by atoms with E-state index in [2.05, 4.69) is 32.3 Å². The van der Waals surface area contributed by atoms with Gasteiger partial charge in [0.2, 0.25) is 0 Å². The average molecular weight is 347 g/mol. The maximum Gasteiger partial charge on any atom is 0.0493 e. The number of hydrogen-bond donors (Lipinski definition) is 3. The number of aliphatic hydroxyl groups is 1. The van der Waals surface area contributed by atoms with Crippen molar-refractivity contribution in [2.75, 3.05) is 13.7 Å². The molecule has 0 spiro atoms. The molecule has 0 aliphatic heterocycles. The largest absolute Gasteiger partial charge is 0.396 e. The summed E-state index contributed by atoms with van der Waals surface area (Å²) >= 11 is 0. The third-order valence-corrected chi connectivity index (χ3v) is 9.22. The topological polar surface area (TPSA) is 58.3 Å². The second-order valence-electron chi connectivity index (χ2n) is 9.96. The van der Waals surface area contributed by atoms with Crippen LogP contribution in [0.25, 0.3) is 0 Å². The smallest absolute Gasteiger partial charge is 0.0493 e. The minimum Gasteiger partial charge on any atom is -0.396 e. The zero-order chi connectivity index (χ0) is 17.8. The van der Waals surface area contributed by atoms with Gasteiger partial charge >= 0.3 is 0 Å². The van der Waals surface area contributed by atoms with Gasteiger partial charge in [-0.25, -0.2) is 0 Å². The SMILES string of the molecule is CN[C@H]1CC[C@@]2(C)C(=CC[C@H]3[C@@H]4CC[C@H](C(C)N)[C@@]4(CO)CC[C@@H]32)C1. The quantitative estimate of drug-likeness (QED) is 0.686. The number of rotatable bonds is 3. The van der Waals surface area contributed by atoms with E-state index in [-0.39, 0.29) is 11.5 Å². The highest BCUT2D eigenvalue weighted by molar-refractivity contribution is 5.26. The van der Waals surface area contributed by atoms with Crippen molar-refractivity contribution >= 4 is 0 Å². The Morgan fingerprint density at radius 2 is 2.04 bits per heavy atom. The molecule has 0 aromatic carbocycles. The second-order valence-corrected chi connectivity index (χ2v) is 9.96. The zero-order valence-corrected chi connectivity index (χ0v) is 16.4. The summed E-state index contributed by atoms with van der Waals surface area (Å²) in [7, 11) is 2.11. The van der Waals surface area contributed by atoms with Crippen LogP contribution in [-0.4, -0.2) is 30.8 Å². The Bertz CT molecular complexity index is 544. The molecule has 0 saturated heterocycles. The molecule has 25 heavy (non-hydrogen) atoms. The fourth-order valence-corrected chi connectivity index (χ4v) is 7.86. The van der Waals surface area contributed by atoms with Gasteiger partial charge in [0.1, 0.15) is 0 Å². The lowest BCUT2D eigenvalue weighted by Crippen LogP contribution is -2.54. The van der Waals surface area contributed by atoms with Crippen LogP contribution in [0.15, 0.2) is 11.6 Å². The Kier molecular flexibility index (Phi) is 4.57. The van der Waals surface area contributed by atoms with Crippen LogP contribution in [0, 0.1) is 34.5 Å². The van der Waals surface area contributed by atoms with Gasteiger partial charge in [-0.15, -0.1) is 0 Å². The first-order valence-corrected chi connectivity index (χ1v) is 10.7. The molecular formula is C22H38N2O. The lowest BCUT2D eigenvalue weighted by atomic mass is 9.47. The molecule has 0 aromatic heterocycles. The summed E-state index contributed by atoms with van der Waals surface area (Å²) < 4.78 is 0. The molecule has 4 rings (SSSR count). The molecular weight excluding hydrogens is 308 g/mol. The number of hydrogen-bond acceptors (Lipinski definition) is 3. The summed E-state index contributed by atoms with van der Waals surface area (Å²) in [5.74, 6) is 2.79. The van der Waals surface area contributed by atoms with Gasteiger partial charge in [0, 0.05) is 24.1 Å². The number of aliphatic hydroxyl groups excluding tert-OH is 1. The van der Waals surface area contributed by atoms with E-state index in [0.29, 0.717) is 29.9 Å². The molecule has 0 heterocycles. The lowest BCUT2D eigenvalue weighted by molar-refractivity contribution is -0.0805. The fraction of sp³-hybridized carbons (Fsp3) is 0.909. The Labute approximate surface area is 153 Å². The van der Waals surface area contributed by atoms with Crippen LogP contribution in [0.3, 0.4) is 0 Å². The Morgan fingerprint density at radius 3 is 2.72 bits per heavy atom. The molecule has 8 atom stereocenters. The molecule has 4 N–H and O–H groups in total. The fourth-order valence-electron chi connectivity index (χ4n) is 7.86. The van der Waals surface area contributed by atoms with E-state index < -0.39 is 0 Å². The van der Waals surface area contributed by atoms with Gasteiger partial charge in [-0.3, -0.25) is 0 Å². The van der Waals surface area contributed by atoms with E-state index in [4.69, 9.17) is 5.73 Å². The van der Waals surface area contributed by atoms with Gasteiger partial charge in [0.25, 0.3) is 0 Å². The minimum atomic E-state index is 0.110. The highest BCUT2D eigenvalue weighted by Crippen LogP contribution is 2.66. The summed E-state index contributed by atoms with van der Waals surface area (Å²) in [6, 6.07) is 0.884. The molecule has 0 aromatic rings. The summed E-state index contributed by atoms with van der Waals surface area (Å²) in [6.07, 6.45) is 12.7. The van der Waals surface area contributed by atoms with Gasteiger partial charge in [0.15, 0.2) is 0 Å². The predicted octanol–water partition coefficient (Wildman–Crippen LogP) is 3.47. The van der Waals surface area contributed by atoms with Crippen molar-refractivity contribution in [3.8, 4) is 0 Å². The first kappa shape index (κ1) is 18.0. The first-order valence-electron chi connectivity index (χ1n) is 10.7. The Morgan fingerprint density at radius 1 is 1.24 bits per heavy atom. The minimum absolute atomic E-state index is 0.110. The molecule has 4 aliphatic rings. The standard InChI is InChI=1S/C22H38N2O/c1-14(23)18-6-7-20-17-5-4-15-12-16(24-3)8-10-21(15,2)19(17)9-11-22(18,20)13-25/h4,14,16-20,24-25H,5-13,23H2,1-3H3/t14?,16-,17+,18+,19-,20-,21-,22-/m0/s1. The van der Waals surface area contributed by atoms with Gasteiger partial charge in [-0.2, -0.15) is 0 Å². The van der Waals surface area contributed by atoms with Crippen molar-refractivity contribution in [3.63, 3.8) is 0 Å². The molecule has 0 bridgehead atoms. The van der Waals surface area contributed by atoms with Crippen LogP contribution in [-0.2, 0) is 0 Å². The highest BCUT2D eigenvalue weighted by Gasteiger charge is 2.60. The molecule has 3 heteroatoms. The van der Waals surface area contributed by atoms with Crippen LogP contribution in [0.1, 0.15) is 65.2 Å². The third-order valence-electron chi connectivity index (χ3n) is 9.22. The van der Waals surface area contributed by atoms with Crippen molar-refractivity contribution in [2.24, 2.45) is 40.2 Å². The van der Waals surface area contributed by atoms with E-state index in [1.807, 2.05) is 0 Å². The number of allylic oxidation sites excluding steroid dienone is 1. The summed E-state index contributed by atoms with van der Waals surface area (Å²) in [5, 5.41) is 14.0. The maximum absolute atomic E-state index is 10.4. The molecule has 3 nitrogen and oxygen atoms in total. The van der Waals surface area contributed by atoms with Gasteiger partial charge in [-0.1, -0.05) is 18.6 Å². The van der Waals surface area contributed by atoms with Crippen molar-refractivity contribution in [1.29, 1.82) is 0 Å². The first-order chi connectivity index (χ1) is 12.0. The zero-order valence-electron chi connectivity index (χ0n) is 16.4. The van der Waals surface area contributed by atoms with Crippen LogP contribution < -0.4 is 11.1 Å². The predicted molar refractivity (Wildman–Crippen MR) is 103 cm³/mol. The Hall–Kier alpha value is -0.380. The van der Waals surface area contributed by atoms with Gasteiger partial charge in [0.05, 0.1) is 0 Å². The maximum atomic E-state index is 10.4. The van der Waals surface area contributed by atoms with Gasteiger partial charge < -0.3 is 16.2 Å². The molecule has 142 valence electrons. The van der Waals surface area contributed by atoms with Crippen LogP contribution in [0.2, 0.25) is 0 Å². The normalized spacial score (nSPS) is 50.4. The van der Waals surface area contributed by atoms with Crippen molar-refractivity contribution in [2.45, 2.75) is 77.3 Å². The van der Waals surface area contributed by atoms with Crippen molar-refractivity contribution < 1.29 is 5.11 Å². The van der Waals surface area contributed by atoms with Crippen LogP contribution in [0.4, 0.5) is 0 Å². The summed E-state index contributed by atoms with van der Waals surface area (Å²) in [4.78, 5) is 0. The molecule has 0 radical (unpaired) electrons. The van der Waals surface area contributed by atoms with Gasteiger partial charge in [-0.05, 0) is 94.4 Å². The number of nitrogens with one attached hydrogen (secondary N) is 1. The molecule has 0 amide bonds. The lowest BCUT2D eigenvalue weighted by Gasteiger charge is -2.59. The monoisotopic (exact) mass is 346 g/mol. The number of nitrogens with two attached hydrogens (primary N) is 1. The van der Waals surface area contributed by atoms with E-state index in [1.165, 1.54) is 51.4 Å². The van der Waals surface area contributed by atoms with E-state index in [1.54, 1.807) is 5.57 Å². The molecule has 1 unspecified atom stereocenters. The van der Waals surface area contributed by atoms with Crippen molar-refractivity contribution in [1.82, 2.24) is 5.32 Å². The average Bonchev–Trinajstić information content (AvgIpc) is 3.01. The Balaban J connectivity index is 1.64. The second kappa shape index (κ2) is 6.35. The van der Waals surface area contributed by atoms with E-state index in [9.17, 15) is 5.11 Å². The van der Waals surface area contributed by atoms with Crippen molar-refractivity contribution in [3.05, 3.63) is 11.6 Å². The van der Waals surface area contributed by atoms with E-state index >= 15 is 0 Å². The van der Waals surface area contributed by atoms with Crippen LogP contribution in [0.5, 0.6) is 0 Å². The third kappa shape index (κ3) is 2.49. The molecule has 3 fully saturated rings. The molecule has 3 saturated carbocycles.